The van der Waals surface area contributed by atoms with Crippen molar-refractivity contribution < 1.29 is 14.7 Å². The van der Waals surface area contributed by atoms with E-state index in [0.717, 1.165) is 44.6 Å². The van der Waals surface area contributed by atoms with Crippen molar-refractivity contribution in [3.05, 3.63) is 23.9 Å². The fourth-order valence-electron chi connectivity index (χ4n) is 4.96. The van der Waals surface area contributed by atoms with E-state index >= 15 is 0 Å². The van der Waals surface area contributed by atoms with Crippen LogP contribution in [0, 0.1) is 0 Å². The topological polar surface area (TPSA) is 85.8 Å². The van der Waals surface area contributed by atoms with Gasteiger partial charge in [-0.15, -0.1) is 0 Å². The molecule has 4 heterocycles. The summed E-state index contributed by atoms with van der Waals surface area (Å²) in [4.78, 5) is 32.6. The molecule has 0 radical (unpaired) electrons. The number of rotatable bonds is 5. The van der Waals surface area contributed by atoms with Gasteiger partial charge in [-0.05, 0) is 63.7 Å². The van der Waals surface area contributed by atoms with Gasteiger partial charge in [0.15, 0.2) is 5.78 Å². The zero-order valence-electron chi connectivity index (χ0n) is 15.6. The number of carbonyl (C=O) groups excluding carboxylic acids is 1. The summed E-state index contributed by atoms with van der Waals surface area (Å²) in [5.41, 5.74) is 0.680. The van der Waals surface area contributed by atoms with E-state index < -0.39 is 6.09 Å². The molecule has 1 aromatic rings. The van der Waals surface area contributed by atoms with E-state index in [2.05, 4.69) is 20.1 Å². The maximum Gasteiger partial charge on any atom is 0.404 e. The Kier molecular flexibility index (Phi) is 5.29. The molecule has 3 saturated heterocycles. The molecule has 3 aliphatic heterocycles. The number of carboxylic acid groups (broad SMARTS) is 1. The molecule has 7 heteroatoms. The molecule has 3 fully saturated rings. The first kappa shape index (κ1) is 18.2. The van der Waals surface area contributed by atoms with Crippen molar-refractivity contribution >= 4 is 17.7 Å². The maximum atomic E-state index is 12.5. The van der Waals surface area contributed by atoms with E-state index in [9.17, 15) is 9.59 Å². The second-order valence-electron chi connectivity index (χ2n) is 8.08. The number of hydrogen-bond donors (Lipinski definition) is 2. The number of pyridine rings is 1. The lowest BCUT2D eigenvalue weighted by Gasteiger charge is -2.39. The molecular formula is C20H28N4O3. The number of amides is 1. The van der Waals surface area contributed by atoms with Crippen LogP contribution in [0.15, 0.2) is 18.3 Å². The van der Waals surface area contributed by atoms with Crippen LogP contribution in [0.5, 0.6) is 0 Å². The SMILES string of the molecule is O=C(O)NC1C[C@H]2CC[C@@H](C1)N2c1ccc(C(=O)CN2CCCCC2)cn1. The van der Waals surface area contributed by atoms with E-state index in [1.165, 1.54) is 19.3 Å². The molecule has 146 valence electrons. The van der Waals surface area contributed by atoms with Crippen LogP contribution < -0.4 is 10.2 Å². The third-order valence-corrected chi connectivity index (χ3v) is 6.21. The molecule has 3 atom stereocenters. The highest BCUT2D eigenvalue weighted by molar-refractivity contribution is 5.97. The van der Waals surface area contributed by atoms with Gasteiger partial charge in [0.05, 0.1) is 6.54 Å². The van der Waals surface area contributed by atoms with Gasteiger partial charge < -0.3 is 15.3 Å². The van der Waals surface area contributed by atoms with Gasteiger partial charge in [0.25, 0.3) is 0 Å². The van der Waals surface area contributed by atoms with Crippen molar-refractivity contribution in [2.75, 3.05) is 24.5 Å². The van der Waals surface area contributed by atoms with Gasteiger partial charge in [0, 0.05) is 29.9 Å². The minimum Gasteiger partial charge on any atom is -0.465 e. The standard InChI is InChI=1S/C20H28N4O3/c25-18(13-23-8-2-1-3-9-23)14-4-7-19(21-12-14)24-16-5-6-17(24)11-15(10-16)22-20(26)27/h4,7,12,15-17,22H,1-3,5-6,8-11,13H2,(H,26,27)/t15?,16-,17+. The smallest absolute Gasteiger partial charge is 0.404 e. The first-order valence-corrected chi connectivity index (χ1v) is 10.1. The van der Waals surface area contributed by atoms with Crippen LogP contribution in [-0.4, -0.2) is 64.6 Å². The van der Waals surface area contributed by atoms with Crippen molar-refractivity contribution in [1.29, 1.82) is 0 Å². The highest BCUT2D eigenvalue weighted by atomic mass is 16.4. The Morgan fingerprint density at radius 3 is 2.41 bits per heavy atom. The summed E-state index contributed by atoms with van der Waals surface area (Å²) in [6, 6.07) is 4.53. The number of Topliss-reactive ketones (excluding diaryl/α,β-unsaturated/α-hetero) is 1. The molecule has 2 N–H and O–H groups in total. The van der Waals surface area contributed by atoms with Crippen molar-refractivity contribution in [3.63, 3.8) is 0 Å². The lowest BCUT2D eigenvalue weighted by molar-refractivity contribution is 0.0915. The van der Waals surface area contributed by atoms with E-state index in [1.54, 1.807) is 6.20 Å². The summed E-state index contributed by atoms with van der Waals surface area (Å²) in [6.07, 6.45) is 8.17. The molecule has 2 bridgehead atoms. The highest BCUT2D eigenvalue weighted by Crippen LogP contribution is 2.38. The van der Waals surface area contributed by atoms with Crippen molar-refractivity contribution in [1.82, 2.24) is 15.2 Å². The van der Waals surface area contributed by atoms with Crippen LogP contribution in [0.4, 0.5) is 10.6 Å². The number of piperidine rings is 2. The molecule has 0 aliphatic carbocycles. The number of anilines is 1. The van der Waals surface area contributed by atoms with Crippen LogP contribution in [0.25, 0.3) is 0 Å². The molecule has 0 spiro atoms. The van der Waals surface area contributed by atoms with E-state index in [4.69, 9.17) is 5.11 Å². The number of aromatic nitrogens is 1. The van der Waals surface area contributed by atoms with Gasteiger partial charge in [-0.25, -0.2) is 9.78 Å². The monoisotopic (exact) mass is 372 g/mol. The second kappa shape index (κ2) is 7.84. The molecule has 3 aliphatic rings. The summed E-state index contributed by atoms with van der Waals surface area (Å²) in [5, 5.41) is 11.6. The molecular weight excluding hydrogens is 344 g/mol. The van der Waals surface area contributed by atoms with E-state index in [0.29, 0.717) is 24.2 Å². The Morgan fingerprint density at radius 1 is 1.11 bits per heavy atom. The fraction of sp³-hybridized carbons (Fsp3) is 0.650. The number of likely N-dealkylation sites (tertiary alicyclic amines) is 1. The van der Waals surface area contributed by atoms with Crippen LogP contribution in [-0.2, 0) is 0 Å². The molecule has 0 aromatic carbocycles. The van der Waals surface area contributed by atoms with Gasteiger partial charge in [0.1, 0.15) is 5.82 Å². The van der Waals surface area contributed by atoms with Gasteiger partial charge in [-0.2, -0.15) is 0 Å². The molecule has 1 aromatic heterocycles. The average Bonchev–Trinajstić information content (AvgIpc) is 2.93. The van der Waals surface area contributed by atoms with Crippen LogP contribution in [0.1, 0.15) is 55.3 Å². The first-order chi connectivity index (χ1) is 13.1. The Morgan fingerprint density at radius 2 is 1.81 bits per heavy atom. The normalized spacial score (nSPS) is 28.1. The Balaban J connectivity index is 1.39. The number of ketones is 1. The summed E-state index contributed by atoms with van der Waals surface area (Å²) < 4.78 is 0. The zero-order valence-corrected chi connectivity index (χ0v) is 15.6. The van der Waals surface area contributed by atoms with E-state index in [-0.39, 0.29) is 11.8 Å². The lowest BCUT2D eigenvalue weighted by Crippen LogP contribution is -2.50. The Labute approximate surface area is 159 Å². The Bertz CT molecular complexity index is 673. The number of nitrogens with zero attached hydrogens (tertiary/aromatic N) is 3. The van der Waals surface area contributed by atoms with Gasteiger partial charge in [-0.1, -0.05) is 6.42 Å². The van der Waals surface area contributed by atoms with E-state index in [1.807, 2.05) is 12.1 Å². The van der Waals surface area contributed by atoms with Crippen molar-refractivity contribution in [3.8, 4) is 0 Å². The van der Waals surface area contributed by atoms with Crippen molar-refractivity contribution in [2.45, 2.75) is 63.1 Å². The molecule has 1 amide bonds. The molecule has 27 heavy (non-hydrogen) atoms. The number of carbonyl (C=O) groups is 2. The summed E-state index contributed by atoms with van der Waals surface area (Å²) in [7, 11) is 0. The van der Waals surface area contributed by atoms with Gasteiger partial charge >= 0.3 is 6.09 Å². The fourth-order valence-corrected chi connectivity index (χ4v) is 4.96. The summed E-state index contributed by atoms with van der Waals surface area (Å²) in [5.74, 6) is 1.05. The number of hydrogen-bond acceptors (Lipinski definition) is 5. The predicted octanol–water partition coefficient (Wildman–Crippen LogP) is 2.52. The minimum absolute atomic E-state index is 0.0293. The highest BCUT2D eigenvalue weighted by Gasteiger charge is 2.41. The summed E-state index contributed by atoms with van der Waals surface area (Å²) >= 11 is 0. The predicted molar refractivity (Wildman–Crippen MR) is 102 cm³/mol. The Hall–Kier alpha value is -2.15. The summed E-state index contributed by atoms with van der Waals surface area (Å²) in [6.45, 7) is 2.51. The third kappa shape index (κ3) is 4.08. The lowest BCUT2D eigenvalue weighted by atomic mass is 9.97. The first-order valence-electron chi connectivity index (χ1n) is 10.1. The van der Waals surface area contributed by atoms with Crippen LogP contribution >= 0.6 is 0 Å². The maximum absolute atomic E-state index is 12.5. The van der Waals surface area contributed by atoms with Crippen LogP contribution in [0.2, 0.25) is 0 Å². The van der Waals surface area contributed by atoms with Gasteiger partial charge in [-0.3, -0.25) is 9.69 Å². The second-order valence-corrected chi connectivity index (χ2v) is 8.08. The number of fused-ring (bicyclic) bond motifs is 2. The molecule has 1 unspecified atom stereocenters. The minimum atomic E-state index is -0.942. The quantitative estimate of drug-likeness (QED) is 0.773. The van der Waals surface area contributed by atoms with Crippen LogP contribution in [0.3, 0.4) is 0 Å². The van der Waals surface area contributed by atoms with Crippen molar-refractivity contribution in [2.24, 2.45) is 0 Å². The molecule has 7 nitrogen and oxygen atoms in total. The zero-order chi connectivity index (χ0) is 18.8. The van der Waals surface area contributed by atoms with Gasteiger partial charge in [0.2, 0.25) is 0 Å². The average molecular weight is 372 g/mol. The molecule has 0 saturated carbocycles. The largest absolute Gasteiger partial charge is 0.465 e. The number of nitrogens with one attached hydrogen (secondary N) is 1. The molecule has 4 rings (SSSR count). The third-order valence-electron chi connectivity index (χ3n) is 6.21.